The van der Waals surface area contributed by atoms with E-state index in [0.717, 1.165) is 0 Å². The van der Waals surface area contributed by atoms with Crippen molar-refractivity contribution >= 4 is 23.2 Å². The fourth-order valence-corrected chi connectivity index (χ4v) is 2.89. The normalized spacial score (nSPS) is 10.1. The van der Waals surface area contributed by atoms with E-state index in [1.807, 2.05) is 0 Å². The Balaban J connectivity index is 1.89. The first-order chi connectivity index (χ1) is 14.6. The van der Waals surface area contributed by atoms with Crippen LogP contribution in [0.5, 0.6) is 17.2 Å². The summed E-state index contributed by atoms with van der Waals surface area (Å²) in [7, 11) is 4.39. The summed E-state index contributed by atoms with van der Waals surface area (Å²) in [6.45, 7) is 0. The molecule has 154 valence electrons. The Kier molecular flexibility index (Phi) is 6.49. The molecule has 1 aromatic heterocycles. The largest absolute Gasteiger partial charge is 0.493 e. The summed E-state index contributed by atoms with van der Waals surface area (Å²) in [5, 5.41) is 5.52. The standard InChI is InChI=1S/C22H21N3O5/c1-28-18-11-10-16(19(29-2)20(18)30-3)22(27)25-17-9-5-4-8-15(17)21(26)24-14-7-6-12-23-13-14/h4-13H,1-3H3,(H,24,26)(H,25,27). The highest BCUT2D eigenvalue weighted by molar-refractivity contribution is 6.13. The molecular formula is C22H21N3O5. The second-order valence-corrected chi connectivity index (χ2v) is 6.08. The first-order valence-electron chi connectivity index (χ1n) is 8.99. The topological polar surface area (TPSA) is 98.8 Å². The number of aromatic nitrogens is 1. The number of methoxy groups -OCH3 is 3. The molecule has 0 unspecified atom stereocenters. The van der Waals surface area contributed by atoms with Gasteiger partial charge in [0.1, 0.15) is 0 Å². The van der Waals surface area contributed by atoms with Gasteiger partial charge in [-0.1, -0.05) is 12.1 Å². The molecule has 2 aromatic carbocycles. The third kappa shape index (κ3) is 4.33. The summed E-state index contributed by atoms with van der Waals surface area (Å²) < 4.78 is 15.9. The number of anilines is 2. The molecule has 2 N–H and O–H groups in total. The molecule has 3 aromatic rings. The van der Waals surface area contributed by atoms with Crippen LogP contribution in [-0.2, 0) is 0 Å². The summed E-state index contributed by atoms with van der Waals surface area (Å²) in [6.07, 6.45) is 3.15. The van der Waals surface area contributed by atoms with Gasteiger partial charge in [0.15, 0.2) is 11.5 Å². The number of benzene rings is 2. The van der Waals surface area contributed by atoms with Crippen LogP contribution in [0.25, 0.3) is 0 Å². The minimum absolute atomic E-state index is 0.228. The summed E-state index contributed by atoms with van der Waals surface area (Å²) >= 11 is 0. The Hall–Kier alpha value is -4.07. The Morgan fingerprint density at radius 2 is 1.50 bits per heavy atom. The van der Waals surface area contributed by atoms with Gasteiger partial charge in [0.2, 0.25) is 5.75 Å². The zero-order chi connectivity index (χ0) is 21.5. The van der Waals surface area contributed by atoms with E-state index < -0.39 is 5.91 Å². The van der Waals surface area contributed by atoms with Crippen LogP contribution in [0.3, 0.4) is 0 Å². The van der Waals surface area contributed by atoms with Gasteiger partial charge in [-0.3, -0.25) is 14.6 Å². The molecule has 0 aliphatic rings. The highest BCUT2D eigenvalue weighted by Crippen LogP contribution is 2.40. The van der Waals surface area contributed by atoms with Crippen molar-refractivity contribution in [2.75, 3.05) is 32.0 Å². The van der Waals surface area contributed by atoms with Gasteiger partial charge in [-0.25, -0.2) is 0 Å². The van der Waals surface area contributed by atoms with E-state index in [9.17, 15) is 9.59 Å². The van der Waals surface area contributed by atoms with E-state index in [0.29, 0.717) is 28.4 Å². The Bertz CT molecular complexity index is 1050. The van der Waals surface area contributed by atoms with Crippen molar-refractivity contribution in [2.24, 2.45) is 0 Å². The fraction of sp³-hybridized carbons (Fsp3) is 0.136. The molecule has 0 saturated heterocycles. The molecule has 2 amide bonds. The molecule has 0 saturated carbocycles. The Morgan fingerprint density at radius 1 is 0.767 bits per heavy atom. The van der Waals surface area contributed by atoms with Gasteiger partial charge in [-0.05, 0) is 36.4 Å². The molecule has 8 heteroatoms. The lowest BCUT2D eigenvalue weighted by Gasteiger charge is -2.16. The number of carbonyl (C=O) groups is 2. The van der Waals surface area contributed by atoms with E-state index in [2.05, 4.69) is 15.6 Å². The smallest absolute Gasteiger partial charge is 0.259 e. The highest BCUT2D eigenvalue weighted by atomic mass is 16.5. The molecule has 8 nitrogen and oxygen atoms in total. The monoisotopic (exact) mass is 407 g/mol. The predicted molar refractivity (Wildman–Crippen MR) is 113 cm³/mol. The van der Waals surface area contributed by atoms with Crippen molar-refractivity contribution in [3.8, 4) is 17.2 Å². The summed E-state index contributed by atoms with van der Waals surface area (Å²) in [5.41, 5.74) is 1.43. The quantitative estimate of drug-likeness (QED) is 0.621. The maximum absolute atomic E-state index is 13.0. The SMILES string of the molecule is COc1ccc(C(=O)Nc2ccccc2C(=O)Nc2cccnc2)c(OC)c1OC. The minimum atomic E-state index is -0.463. The van der Waals surface area contributed by atoms with E-state index in [1.54, 1.807) is 54.7 Å². The van der Waals surface area contributed by atoms with Crippen LogP contribution in [0, 0.1) is 0 Å². The second kappa shape index (κ2) is 9.42. The van der Waals surface area contributed by atoms with Gasteiger partial charge in [0, 0.05) is 6.20 Å². The molecule has 3 rings (SSSR count). The first kappa shape index (κ1) is 20.7. The molecule has 0 spiro atoms. The van der Waals surface area contributed by atoms with Crippen molar-refractivity contribution in [1.82, 2.24) is 4.98 Å². The molecule has 30 heavy (non-hydrogen) atoms. The Labute approximate surface area is 173 Å². The number of para-hydroxylation sites is 1. The summed E-state index contributed by atoms with van der Waals surface area (Å²) in [6, 6.07) is 13.3. The third-order valence-corrected chi connectivity index (χ3v) is 4.29. The van der Waals surface area contributed by atoms with Crippen molar-refractivity contribution in [3.05, 3.63) is 72.1 Å². The lowest BCUT2D eigenvalue weighted by molar-refractivity contribution is 0.102. The average molecular weight is 407 g/mol. The average Bonchev–Trinajstić information content (AvgIpc) is 2.78. The maximum Gasteiger partial charge on any atom is 0.259 e. The van der Waals surface area contributed by atoms with Gasteiger partial charge in [-0.15, -0.1) is 0 Å². The number of pyridine rings is 1. The lowest BCUT2D eigenvalue weighted by atomic mass is 10.1. The minimum Gasteiger partial charge on any atom is -0.493 e. The predicted octanol–water partition coefficient (Wildman–Crippen LogP) is 3.61. The lowest BCUT2D eigenvalue weighted by Crippen LogP contribution is -2.19. The van der Waals surface area contributed by atoms with E-state index in [1.165, 1.54) is 27.5 Å². The molecule has 0 fully saturated rings. The number of nitrogens with zero attached hydrogens (tertiary/aromatic N) is 1. The van der Waals surface area contributed by atoms with Gasteiger partial charge in [0.25, 0.3) is 11.8 Å². The fourth-order valence-electron chi connectivity index (χ4n) is 2.89. The summed E-state index contributed by atoms with van der Waals surface area (Å²) in [5.74, 6) is 0.122. The van der Waals surface area contributed by atoms with Crippen LogP contribution >= 0.6 is 0 Å². The molecule has 0 aliphatic carbocycles. The van der Waals surface area contributed by atoms with E-state index >= 15 is 0 Å². The van der Waals surface area contributed by atoms with Crippen molar-refractivity contribution in [3.63, 3.8) is 0 Å². The number of ether oxygens (including phenoxy) is 3. The number of hydrogen-bond acceptors (Lipinski definition) is 6. The van der Waals surface area contributed by atoms with E-state index in [-0.39, 0.29) is 17.2 Å². The molecule has 1 heterocycles. The first-order valence-corrected chi connectivity index (χ1v) is 8.99. The Morgan fingerprint density at radius 3 is 2.17 bits per heavy atom. The molecular weight excluding hydrogens is 386 g/mol. The van der Waals surface area contributed by atoms with Gasteiger partial charge in [-0.2, -0.15) is 0 Å². The highest BCUT2D eigenvalue weighted by Gasteiger charge is 2.22. The number of amides is 2. The van der Waals surface area contributed by atoms with Gasteiger partial charge >= 0.3 is 0 Å². The van der Waals surface area contributed by atoms with Crippen LogP contribution in [0.2, 0.25) is 0 Å². The van der Waals surface area contributed by atoms with Crippen molar-refractivity contribution < 1.29 is 23.8 Å². The second-order valence-electron chi connectivity index (χ2n) is 6.08. The van der Waals surface area contributed by atoms with Gasteiger partial charge < -0.3 is 24.8 Å². The zero-order valence-electron chi connectivity index (χ0n) is 16.8. The molecule has 0 radical (unpaired) electrons. The zero-order valence-corrected chi connectivity index (χ0v) is 16.8. The molecule has 0 atom stereocenters. The van der Waals surface area contributed by atoms with Crippen LogP contribution in [0.15, 0.2) is 60.9 Å². The third-order valence-electron chi connectivity index (χ3n) is 4.29. The van der Waals surface area contributed by atoms with Crippen molar-refractivity contribution in [2.45, 2.75) is 0 Å². The van der Waals surface area contributed by atoms with E-state index in [4.69, 9.17) is 14.2 Å². The number of hydrogen-bond donors (Lipinski definition) is 2. The summed E-state index contributed by atoms with van der Waals surface area (Å²) in [4.78, 5) is 29.6. The van der Waals surface area contributed by atoms with Crippen LogP contribution in [0.1, 0.15) is 20.7 Å². The number of nitrogens with one attached hydrogen (secondary N) is 2. The van der Waals surface area contributed by atoms with Crippen LogP contribution in [-0.4, -0.2) is 38.1 Å². The number of rotatable bonds is 7. The molecule has 0 aliphatic heterocycles. The molecule has 0 bridgehead atoms. The van der Waals surface area contributed by atoms with Crippen LogP contribution in [0.4, 0.5) is 11.4 Å². The maximum atomic E-state index is 13.0. The van der Waals surface area contributed by atoms with Crippen molar-refractivity contribution in [1.29, 1.82) is 0 Å². The van der Waals surface area contributed by atoms with Crippen LogP contribution < -0.4 is 24.8 Å². The number of carbonyl (C=O) groups excluding carboxylic acids is 2. The van der Waals surface area contributed by atoms with Gasteiger partial charge in [0.05, 0.1) is 50.0 Å².